The lowest BCUT2D eigenvalue weighted by Crippen LogP contribution is -2.38. The first kappa shape index (κ1) is 93.1. The maximum atomic E-state index is 12.7. The SMILES string of the molecule is C[C@@H](O)CN1c2cccc(-c3cccc(OC(F)(F)F)c3)c2CC[C@@H]1c1cccc(OC(F)(F)F)c1.C[C@@H](O)CN1c2cccc(-c3cccc(OC(F)(F)F)c3)c2CC[C@H]1c1cccc(OC(F)(F)F)c1.C[C@@H]1CO1.FC(F)(F)Oc1cccc(-c2cccc3c2CCC(c2cccc(OC(F)(F)F)c2)N3)c1.PP(P)P(P)P(P)P. The maximum absolute atomic E-state index is 12.7. The lowest BCUT2D eigenvalue weighted by molar-refractivity contribution is -0.275. The number of rotatable bonds is 18. The van der Waals surface area contributed by atoms with Crippen LogP contribution in [0, 0.1) is 0 Å². The van der Waals surface area contributed by atoms with Crippen molar-refractivity contribution in [1.82, 2.24) is 0 Å². The van der Waals surface area contributed by atoms with Crippen LogP contribution in [0.3, 0.4) is 0 Å². The summed E-state index contributed by atoms with van der Waals surface area (Å²) in [6.45, 7) is 7.14. The van der Waals surface area contributed by atoms with E-state index in [0.717, 1.165) is 45.9 Å². The Morgan fingerprint density at radius 2 is 0.672 bits per heavy atom. The Bertz CT molecular complexity index is 4520. The molecule has 6 unspecified atom stereocenters. The van der Waals surface area contributed by atoms with Crippen molar-refractivity contribution in [3.63, 3.8) is 0 Å². The fourth-order valence-corrected chi connectivity index (χ4v) is 42.2. The van der Waals surface area contributed by atoms with Gasteiger partial charge in [0.25, 0.3) is 0 Å². The molecule has 4 heterocycles. The fourth-order valence-electron chi connectivity index (χ4n) is 13.3. The summed E-state index contributed by atoms with van der Waals surface area (Å²) in [5.74, 6) is -1.95. The number of epoxide rings is 1. The predicted octanol–water partition coefficient (Wildman–Crippen LogP) is 25.9. The van der Waals surface area contributed by atoms with E-state index in [2.05, 4.69) is 85.3 Å². The molecule has 0 aromatic heterocycles. The zero-order valence-corrected chi connectivity index (χ0v) is 70.0. The minimum absolute atomic E-state index is 0.147. The molecule has 11 atom stereocenters. The summed E-state index contributed by atoms with van der Waals surface area (Å²) in [4.78, 5) is 3.82. The predicted molar refractivity (Wildman–Crippen MR) is 435 cm³/mol. The summed E-state index contributed by atoms with van der Waals surface area (Å²) in [5, 5.41) is 23.7. The van der Waals surface area contributed by atoms with Crippen LogP contribution in [0.25, 0.3) is 33.4 Å². The van der Waals surface area contributed by atoms with Gasteiger partial charge in [0.1, 0.15) is 34.5 Å². The molecule has 0 saturated carbocycles. The number of anilines is 3. The van der Waals surface area contributed by atoms with Gasteiger partial charge in [0.05, 0.1) is 43.0 Å². The molecular formula is C78H79F18N3O9P8. The van der Waals surface area contributed by atoms with Crippen molar-refractivity contribution in [2.24, 2.45) is 0 Å². The van der Waals surface area contributed by atoms with Crippen molar-refractivity contribution < 1.29 is 122 Å². The monoisotopic (exact) mass is 1790 g/mol. The number of hydrogen-bond acceptors (Lipinski definition) is 12. The Morgan fingerprint density at radius 3 is 0.974 bits per heavy atom. The molecule has 0 aliphatic carbocycles. The van der Waals surface area contributed by atoms with Gasteiger partial charge >= 0.3 is 38.2 Å². The van der Waals surface area contributed by atoms with Crippen molar-refractivity contribution in [2.75, 3.05) is 34.8 Å². The second-order valence-corrected chi connectivity index (χ2v) is 54.7. The van der Waals surface area contributed by atoms with Gasteiger partial charge in [0, 0.05) is 30.2 Å². The van der Waals surface area contributed by atoms with Gasteiger partial charge in [-0.05, 0) is 238 Å². The molecule has 4 aliphatic heterocycles. The van der Waals surface area contributed by atoms with E-state index in [1.807, 2.05) is 34.1 Å². The Labute approximate surface area is 671 Å². The van der Waals surface area contributed by atoms with Crippen LogP contribution in [0.15, 0.2) is 200 Å². The summed E-state index contributed by atoms with van der Waals surface area (Å²) >= 11 is 0. The van der Waals surface area contributed by atoms with Crippen LogP contribution in [0.5, 0.6) is 34.5 Å². The number of fused-ring (bicyclic) bond motifs is 3. The van der Waals surface area contributed by atoms with Crippen LogP contribution in [0.4, 0.5) is 96.1 Å². The molecule has 0 amide bonds. The molecule has 0 spiro atoms. The molecule has 1 fully saturated rings. The second-order valence-electron chi connectivity index (χ2n) is 26.6. The number of hydrogen-bond donors (Lipinski definition) is 3. The fraction of sp³-hybridized carbons (Fsp3) is 0.308. The van der Waals surface area contributed by atoms with Gasteiger partial charge in [-0.3, -0.25) is 0 Å². The zero-order chi connectivity index (χ0) is 84.8. The van der Waals surface area contributed by atoms with Crippen LogP contribution >= 0.6 is 65.6 Å². The maximum Gasteiger partial charge on any atom is 0.573 e. The van der Waals surface area contributed by atoms with Gasteiger partial charge in [-0.25, -0.2) is 0 Å². The quantitative estimate of drug-likeness (QED) is 0.0430. The highest BCUT2D eigenvalue weighted by Crippen LogP contribution is 3.00. The molecular weight excluding hydrogens is 1710 g/mol. The number of halogens is 18. The highest BCUT2D eigenvalue weighted by atomic mass is 33.1. The van der Waals surface area contributed by atoms with Gasteiger partial charge in [0.2, 0.25) is 0 Å². The van der Waals surface area contributed by atoms with Gasteiger partial charge in [0.15, 0.2) is 0 Å². The van der Waals surface area contributed by atoms with Crippen LogP contribution in [-0.4, -0.2) is 86.4 Å². The Kier molecular flexibility index (Phi) is 32.5. The number of aliphatic hydroxyl groups is 2. The van der Waals surface area contributed by atoms with E-state index < -0.39 is 50.4 Å². The molecule has 4 aliphatic rings. The zero-order valence-electron chi connectivity index (χ0n) is 61.6. The summed E-state index contributed by atoms with van der Waals surface area (Å²) < 4.78 is 257. The molecule has 0 radical (unpaired) electrons. The Hall–Kier alpha value is -6.76. The molecule has 626 valence electrons. The number of nitrogens with zero attached hydrogens (tertiary/aromatic N) is 2. The third kappa shape index (κ3) is 29.3. The minimum atomic E-state index is -4.82. The molecule has 116 heavy (non-hydrogen) atoms. The molecule has 1 saturated heterocycles. The van der Waals surface area contributed by atoms with Gasteiger partial charge in [-0.1, -0.05) is 109 Å². The van der Waals surface area contributed by atoms with Crippen molar-refractivity contribution in [2.45, 2.75) is 134 Å². The average Bonchev–Trinajstić information content (AvgIpc) is 0.826. The van der Waals surface area contributed by atoms with E-state index >= 15 is 0 Å². The summed E-state index contributed by atoms with van der Waals surface area (Å²) in [5.41, 5.74) is 10.5. The highest BCUT2D eigenvalue weighted by Gasteiger charge is 2.39. The lowest BCUT2D eigenvalue weighted by Gasteiger charge is -2.41. The van der Waals surface area contributed by atoms with Crippen LogP contribution in [0.2, 0.25) is 0 Å². The third-order valence-electron chi connectivity index (χ3n) is 17.7. The smallest absolute Gasteiger partial charge is 0.406 e. The number of ether oxygens (including phenoxy) is 7. The Morgan fingerprint density at radius 1 is 0.397 bits per heavy atom. The molecule has 0 bridgehead atoms. The van der Waals surface area contributed by atoms with E-state index in [1.54, 1.807) is 80.6 Å². The lowest BCUT2D eigenvalue weighted by atomic mass is 9.86. The number of alkyl halides is 18. The van der Waals surface area contributed by atoms with Gasteiger partial charge in [-0.15, -0.1) is 124 Å². The third-order valence-corrected chi connectivity index (χ3v) is 55.5. The van der Waals surface area contributed by atoms with Crippen molar-refractivity contribution >= 4 is 82.7 Å². The normalized spacial score (nSPS) is 17.1. The Balaban J connectivity index is 0.000000185. The van der Waals surface area contributed by atoms with E-state index in [4.69, 9.17) is 4.74 Å². The molecule has 13 rings (SSSR count). The molecule has 9 aromatic rings. The first-order valence-electron chi connectivity index (χ1n) is 35.2. The van der Waals surface area contributed by atoms with Crippen molar-refractivity contribution in [1.29, 1.82) is 0 Å². The highest BCUT2D eigenvalue weighted by molar-refractivity contribution is 9.06. The van der Waals surface area contributed by atoms with Crippen LogP contribution < -0.4 is 43.5 Å². The van der Waals surface area contributed by atoms with Gasteiger partial charge < -0.3 is 58.5 Å². The summed E-state index contributed by atoms with van der Waals surface area (Å²) in [6.07, 6.45) is -26.6. The topological polar surface area (TPSA) is 127 Å². The van der Waals surface area contributed by atoms with Gasteiger partial charge in [-0.2, -0.15) is 0 Å². The standard InChI is InChI=1S/2C26H23F6NO3.C23H17F6NO2.C3H6O.H10P8/c2*1-16(34)15-33-23(18-6-3-8-20(14-18)36-26(30,31)32)12-11-22-21(9-4-10-24(22)33)17-5-2-7-19(13-17)35-25(27,28)29;24-22(25,26)31-16-6-1-4-14(12-16)18-8-3-9-21-19(18)10-11-20(30-21)15-5-2-7-17(13-15)32-23(27,28)29;1-3-2-4-3;1-6(2)8(5)7(3)4/h2*2-10,13-14,16,23,34H,11-12,15H2,1H3;1-9,12-13,20,30H,10-11H2;3H,2H2,1H3;1-5H2/t16-,23+;16-,23-;;3-;/m11.1./s1. The minimum Gasteiger partial charge on any atom is -0.406 e. The summed E-state index contributed by atoms with van der Waals surface area (Å²) in [7, 11) is 14.4. The number of benzene rings is 9. The van der Waals surface area contributed by atoms with E-state index in [0.29, 0.717) is 89.1 Å². The van der Waals surface area contributed by atoms with Crippen LogP contribution in [0.1, 0.15) is 91.5 Å². The summed E-state index contributed by atoms with van der Waals surface area (Å²) in [6, 6.07) is 49.6. The van der Waals surface area contributed by atoms with E-state index in [9.17, 15) is 89.2 Å². The van der Waals surface area contributed by atoms with Crippen LogP contribution in [-0.2, 0) is 24.0 Å². The number of nitrogens with one attached hydrogen (secondary N) is 1. The van der Waals surface area contributed by atoms with Crippen molar-refractivity contribution in [3.8, 4) is 67.9 Å². The second kappa shape index (κ2) is 40.5. The largest absolute Gasteiger partial charge is 0.573 e. The first-order chi connectivity index (χ1) is 54.3. The van der Waals surface area contributed by atoms with E-state index in [1.165, 1.54) is 109 Å². The molecule has 3 N–H and O–H groups in total. The molecule has 12 nitrogen and oxygen atoms in total. The molecule has 38 heteroatoms. The van der Waals surface area contributed by atoms with Crippen molar-refractivity contribution in [3.05, 3.63) is 234 Å². The first-order valence-corrected chi connectivity index (χ1v) is 48.8. The average molecular weight is 1790 g/mol. The number of aliphatic hydroxyl groups excluding tert-OH is 2. The molecule has 9 aromatic carbocycles. The van der Waals surface area contributed by atoms with E-state index in [-0.39, 0.29) is 86.7 Å². The number of β-amino-alcohol motifs (C(OH)–C–C–N with tert-alkyl or cyclic N) is 2.